The maximum absolute atomic E-state index is 13.1. The predicted octanol–water partition coefficient (Wildman–Crippen LogP) is 3.82. The second-order valence-corrected chi connectivity index (χ2v) is 9.03. The molecule has 2 aromatic carbocycles. The predicted molar refractivity (Wildman–Crippen MR) is 107 cm³/mol. The van der Waals surface area contributed by atoms with Crippen LogP contribution in [0, 0.1) is 11.7 Å². The van der Waals surface area contributed by atoms with E-state index in [1.165, 1.54) is 22.0 Å². The lowest BCUT2D eigenvalue weighted by molar-refractivity contribution is -0.120. The summed E-state index contributed by atoms with van der Waals surface area (Å²) in [5.41, 5.74) is 1.93. The minimum absolute atomic E-state index is 0.0430. The number of piperidine rings is 1. The molecule has 0 saturated carbocycles. The molecule has 0 aromatic heterocycles. The number of anilines is 1. The number of carbonyl (C=O) groups is 1. The van der Waals surface area contributed by atoms with Crippen LogP contribution in [-0.4, -0.2) is 31.7 Å². The zero-order chi connectivity index (χ0) is 20.1. The summed E-state index contributed by atoms with van der Waals surface area (Å²) in [6.45, 7) is 2.60. The lowest BCUT2D eigenvalue weighted by Crippen LogP contribution is -2.43. The van der Waals surface area contributed by atoms with E-state index in [9.17, 15) is 17.6 Å². The fourth-order valence-corrected chi connectivity index (χ4v) is 4.94. The van der Waals surface area contributed by atoms with Gasteiger partial charge >= 0.3 is 0 Å². The first-order valence-electron chi connectivity index (χ1n) is 9.55. The second-order valence-electron chi connectivity index (χ2n) is 7.09. The molecule has 3 rings (SSSR count). The molecule has 7 heteroatoms. The van der Waals surface area contributed by atoms with Crippen molar-refractivity contribution in [2.75, 3.05) is 18.4 Å². The summed E-state index contributed by atoms with van der Waals surface area (Å²) >= 11 is 0. The molecule has 0 unspecified atom stereocenters. The number of rotatable bonds is 6. The third-order valence-corrected chi connectivity index (χ3v) is 6.85. The van der Waals surface area contributed by atoms with Crippen molar-refractivity contribution in [3.63, 3.8) is 0 Å². The van der Waals surface area contributed by atoms with Crippen LogP contribution < -0.4 is 5.32 Å². The summed E-state index contributed by atoms with van der Waals surface area (Å²) in [5.74, 6) is -1.08. The number of hydrogen-bond donors (Lipinski definition) is 1. The Balaban J connectivity index is 1.66. The number of nitrogens with one attached hydrogen (secondary N) is 1. The standard InChI is InChI=1S/C21H25FN2O3S/c1-2-4-16-6-10-19(11-7-16)23-21(25)17-5-3-14-24(15-17)28(26,27)20-12-8-18(22)9-13-20/h6-13,17H,2-5,14-15H2,1H3,(H,23,25)/t17-/m1/s1. The van der Waals surface area contributed by atoms with Crippen LogP contribution in [-0.2, 0) is 21.2 Å². The smallest absolute Gasteiger partial charge is 0.243 e. The number of halogens is 1. The van der Waals surface area contributed by atoms with Crippen molar-refractivity contribution >= 4 is 21.6 Å². The minimum atomic E-state index is -3.74. The normalized spacial score (nSPS) is 18.0. The first-order chi connectivity index (χ1) is 13.4. The number of carbonyl (C=O) groups excluding carboxylic acids is 1. The highest BCUT2D eigenvalue weighted by atomic mass is 32.2. The van der Waals surface area contributed by atoms with Gasteiger partial charge in [-0.15, -0.1) is 0 Å². The summed E-state index contributed by atoms with van der Waals surface area (Å²) in [6.07, 6.45) is 3.29. The molecule has 1 heterocycles. The largest absolute Gasteiger partial charge is 0.326 e. The van der Waals surface area contributed by atoms with Gasteiger partial charge in [0.1, 0.15) is 5.82 Å². The molecular weight excluding hydrogens is 379 g/mol. The van der Waals surface area contributed by atoms with E-state index in [0.717, 1.165) is 25.0 Å². The van der Waals surface area contributed by atoms with Gasteiger partial charge in [0.2, 0.25) is 15.9 Å². The van der Waals surface area contributed by atoms with Gasteiger partial charge in [0.25, 0.3) is 0 Å². The zero-order valence-electron chi connectivity index (χ0n) is 15.9. The molecule has 0 aliphatic carbocycles. The zero-order valence-corrected chi connectivity index (χ0v) is 16.7. The number of nitrogens with zero attached hydrogens (tertiary/aromatic N) is 1. The van der Waals surface area contributed by atoms with E-state index >= 15 is 0 Å². The van der Waals surface area contributed by atoms with Crippen molar-refractivity contribution < 1.29 is 17.6 Å². The fourth-order valence-electron chi connectivity index (χ4n) is 3.42. The van der Waals surface area contributed by atoms with E-state index in [2.05, 4.69) is 12.2 Å². The molecule has 1 saturated heterocycles. The summed E-state index contributed by atoms with van der Waals surface area (Å²) in [5, 5.41) is 2.89. The van der Waals surface area contributed by atoms with Gasteiger partial charge in [-0.05, 0) is 61.2 Å². The quantitative estimate of drug-likeness (QED) is 0.796. The Morgan fingerprint density at radius 2 is 1.82 bits per heavy atom. The van der Waals surface area contributed by atoms with Crippen LogP contribution in [0.2, 0.25) is 0 Å². The van der Waals surface area contributed by atoms with Crippen molar-refractivity contribution in [3.8, 4) is 0 Å². The van der Waals surface area contributed by atoms with Crippen LogP contribution in [0.4, 0.5) is 10.1 Å². The van der Waals surface area contributed by atoms with Gasteiger partial charge in [-0.25, -0.2) is 12.8 Å². The lowest BCUT2D eigenvalue weighted by Gasteiger charge is -2.31. The maximum Gasteiger partial charge on any atom is 0.243 e. The van der Waals surface area contributed by atoms with Gasteiger partial charge < -0.3 is 5.32 Å². The first kappa shape index (κ1) is 20.5. The van der Waals surface area contributed by atoms with E-state index in [4.69, 9.17) is 0 Å². The molecule has 1 aliphatic heterocycles. The molecular formula is C21H25FN2O3S. The van der Waals surface area contributed by atoms with Gasteiger partial charge in [0, 0.05) is 18.8 Å². The van der Waals surface area contributed by atoms with E-state index in [-0.39, 0.29) is 17.3 Å². The molecule has 1 atom stereocenters. The van der Waals surface area contributed by atoms with Crippen LogP contribution in [0.25, 0.3) is 0 Å². The Morgan fingerprint density at radius 3 is 2.46 bits per heavy atom. The summed E-state index contributed by atoms with van der Waals surface area (Å²) in [6, 6.07) is 12.5. The van der Waals surface area contributed by atoms with E-state index in [0.29, 0.717) is 25.1 Å². The maximum atomic E-state index is 13.1. The van der Waals surface area contributed by atoms with E-state index < -0.39 is 21.8 Å². The van der Waals surface area contributed by atoms with Crippen molar-refractivity contribution in [2.45, 2.75) is 37.5 Å². The molecule has 1 aliphatic rings. The van der Waals surface area contributed by atoms with E-state index in [1.807, 2.05) is 24.3 Å². The highest BCUT2D eigenvalue weighted by Crippen LogP contribution is 2.25. The Kier molecular flexibility index (Phi) is 6.46. The summed E-state index contributed by atoms with van der Waals surface area (Å²) in [4.78, 5) is 12.7. The molecule has 1 amide bonds. The van der Waals surface area contributed by atoms with Crippen LogP contribution in [0.5, 0.6) is 0 Å². The van der Waals surface area contributed by atoms with Crippen LogP contribution >= 0.6 is 0 Å². The minimum Gasteiger partial charge on any atom is -0.326 e. The number of aryl methyl sites for hydroxylation is 1. The number of sulfonamides is 1. The molecule has 2 aromatic rings. The Morgan fingerprint density at radius 1 is 1.14 bits per heavy atom. The van der Waals surface area contributed by atoms with Gasteiger partial charge in [-0.2, -0.15) is 4.31 Å². The van der Waals surface area contributed by atoms with Crippen molar-refractivity contribution in [3.05, 3.63) is 59.9 Å². The fraction of sp³-hybridized carbons (Fsp3) is 0.381. The molecule has 0 spiro atoms. The average Bonchev–Trinajstić information content (AvgIpc) is 2.70. The number of hydrogen-bond acceptors (Lipinski definition) is 3. The topological polar surface area (TPSA) is 66.5 Å². The Bertz CT molecular complexity index is 912. The van der Waals surface area contributed by atoms with Gasteiger partial charge in [0.05, 0.1) is 10.8 Å². The SMILES string of the molecule is CCCc1ccc(NC(=O)[C@@H]2CCCN(S(=O)(=O)c3ccc(F)cc3)C2)cc1. The highest BCUT2D eigenvalue weighted by molar-refractivity contribution is 7.89. The van der Waals surface area contributed by atoms with Gasteiger partial charge in [0.15, 0.2) is 0 Å². The Hall–Kier alpha value is -2.25. The number of amides is 1. The van der Waals surface area contributed by atoms with E-state index in [1.54, 1.807) is 0 Å². The van der Waals surface area contributed by atoms with Crippen LogP contribution in [0.3, 0.4) is 0 Å². The molecule has 28 heavy (non-hydrogen) atoms. The third kappa shape index (κ3) is 4.77. The molecule has 150 valence electrons. The molecule has 0 radical (unpaired) electrons. The molecule has 5 nitrogen and oxygen atoms in total. The molecule has 1 fully saturated rings. The van der Waals surface area contributed by atoms with Crippen molar-refractivity contribution in [1.82, 2.24) is 4.31 Å². The van der Waals surface area contributed by atoms with Crippen LogP contribution in [0.15, 0.2) is 53.4 Å². The average molecular weight is 405 g/mol. The van der Waals surface area contributed by atoms with Crippen molar-refractivity contribution in [1.29, 1.82) is 0 Å². The lowest BCUT2D eigenvalue weighted by atomic mass is 9.98. The Labute approximate surface area is 165 Å². The number of benzene rings is 2. The van der Waals surface area contributed by atoms with Crippen LogP contribution in [0.1, 0.15) is 31.7 Å². The monoisotopic (exact) mass is 404 g/mol. The molecule has 1 N–H and O–H groups in total. The second kappa shape index (κ2) is 8.84. The highest BCUT2D eigenvalue weighted by Gasteiger charge is 2.33. The van der Waals surface area contributed by atoms with Crippen molar-refractivity contribution in [2.24, 2.45) is 5.92 Å². The van der Waals surface area contributed by atoms with Gasteiger partial charge in [-0.3, -0.25) is 4.79 Å². The molecule has 0 bridgehead atoms. The summed E-state index contributed by atoms with van der Waals surface area (Å²) in [7, 11) is -3.74. The third-order valence-electron chi connectivity index (χ3n) is 4.97. The summed E-state index contributed by atoms with van der Waals surface area (Å²) < 4.78 is 40.0. The van der Waals surface area contributed by atoms with Gasteiger partial charge in [-0.1, -0.05) is 25.5 Å². The first-order valence-corrected chi connectivity index (χ1v) is 11.0.